The number of amides is 1. The number of piperazine rings is 1. The van der Waals surface area contributed by atoms with E-state index in [1.165, 1.54) is 5.56 Å². The van der Waals surface area contributed by atoms with Gasteiger partial charge >= 0.3 is 0 Å². The molecule has 5 nitrogen and oxygen atoms in total. The molecule has 2 fully saturated rings. The van der Waals surface area contributed by atoms with Crippen molar-refractivity contribution in [1.29, 1.82) is 0 Å². The predicted molar refractivity (Wildman–Crippen MR) is 91.1 cm³/mol. The molecule has 130 valence electrons. The zero-order valence-corrected chi connectivity index (χ0v) is 14.1. The van der Waals surface area contributed by atoms with Gasteiger partial charge in [-0.2, -0.15) is 0 Å². The van der Waals surface area contributed by atoms with Crippen LogP contribution in [0.15, 0.2) is 18.2 Å². The molecule has 1 saturated heterocycles. The van der Waals surface area contributed by atoms with Crippen LogP contribution >= 0.6 is 0 Å². The van der Waals surface area contributed by atoms with Crippen molar-refractivity contribution in [2.24, 2.45) is 0 Å². The molecular weight excluding hydrogens is 304 g/mol. The van der Waals surface area contributed by atoms with Gasteiger partial charge in [-0.15, -0.1) is 0 Å². The molecule has 2 heterocycles. The third kappa shape index (κ3) is 3.15. The highest BCUT2D eigenvalue weighted by Crippen LogP contribution is 2.27. The highest BCUT2D eigenvalue weighted by atomic mass is 16.5. The molecule has 1 aromatic rings. The Labute approximate surface area is 143 Å². The van der Waals surface area contributed by atoms with Crippen LogP contribution in [0.2, 0.25) is 0 Å². The summed E-state index contributed by atoms with van der Waals surface area (Å²) in [6, 6.07) is 6.42. The Hall–Kier alpha value is -1.59. The topological polar surface area (TPSA) is 53.0 Å². The Balaban J connectivity index is 1.31. The molecule has 24 heavy (non-hydrogen) atoms. The lowest BCUT2D eigenvalue weighted by molar-refractivity contribution is -0.132. The first kappa shape index (κ1) is 15.9. The molecule has 1 N–H and O–H groups in total. The summed E-state index contributed by atoms with van der Waals surface area (Å²) in [7, 11) is 0. The summed E-state index contributed by atoms with van der Waals surface area (Å²) in [5.41, 5.74) is 2.30. The van der Waals surface area contributed by atoms with E-state index in [0.29, 0.717) is 12.5 Å². The molecule has 0 radical (unpaired) electrons. The van der Waals surface area contributed by atoms with E-state index in [4.69, 9.17) is 4.74 Å². The lowest BCUT2D eigenvalue weighted by atomic mass is 10.1. The summed E-state index contributed by atoms with van der Waals surface area (Å²) >= 11 is 0. The van der Waals surface area contributed by atoms with Gasteiger partial charge in [0.25, 0.3) is 0 Å². The fraction of sp³-hybridized carbons (Fsp3) is 0.632. The molecule has 2 aliphatic heterocycles. The van der Waals surface area contributed by atoms with Gasteiger partial charge in [0.05, 0.1) is 19.1 Å². The first-order valence-corrected chi connectivity index (χ1v) is 9.15. The number of aliphatic hydroxyl groups is 1. The Morgan fingerprint density at radius 3 is 2.79 bits per heavy atom. The molecular formula is C19H26N2O3. The first-order chi connectivity index (χ1) is 11.7. The van der Waals surface area contributed by atoms with Crippen LogP contribution in [0.1, 0.15) is 30.4 Å². The number of benzene rings is 1. The summed E-state index contributed by atoms with van der Waals surface area (Å²) in [4.78, 5) is 16.9. The maximum Gasteiger partial charge on any atom is 0.227 e. The predicted octanol–water partition coefficient (Wildman–Crippen LogP) is 1.22. The number of fused-ring (bicyclic) bond motifs is 1. The summed E-state index contributed by atoms with van der Waals surface area (Å²) < 4.78 is 5.52. The Morgan fingerprint density at radius 1 is 1.21 bits per heavy atom. The summed E-state index contributed by atoms with van der Waals surface area (Å²) in [5, 5.41) is 10.1. The zero-order valence-electron chi connectivity index (χ0n) is 14.1. The fourth-order valence-corrected chi connectivity index (χ4v) is 4.29. The van der Waals surface area contributed by atoms with Gasteiger partial charge in [0.1, 0.15) is 5.75 Å². The molecule has 3 aliphatic rings. The highest BCUT2D eigenvalue weighted by molar-refractivity contribution is 5.79. The van der Waals surface area contributed by atoms with Crippen LogP contribution in [0, 0.1) is 0 Å². The maximum atomic E-state index is 12.6. The van der Waals surface area contributed by atoms with Gasteiger partial charge in [0.15, 0.2) is 0 Å². The lowest BCUT2D eigenvalue weighted by Gasteiger charge is -2.39. The van der Waals surface area contributed by atoms with Crippen LogP contribution in [0.25, 0.3) is 0 Å². The molecule has 2 unspecified atom stereocenters. The average molecular weight is 330 g/mol. The third-order valence-corrected chi connectivity index (χ3v) is 5.69. The van der Waals surface area contributed by atoms with Gasteiger partial charge in [-0.3, -0.25) is 9.69 Å². The first-order valence-electron chi connectivity index (χ1n) is 9.15. The minimum Gasteiger partial charge on any atom is -0.493 e. The van der Waals surface area contributed by atoms with Crippen molar-refractivity contribution in [3.63, 3.8) is 0 Å². The monoisotopic (exact) mass is 330 g/mol. The molecule has 0 aromatic heterocycles. The summed E-state index contributed by atoms with van der Waals surface area (Å²) in [6.45, 7) is 4.06. The molecule has 2 atom stereocenters. The smallest absolute Gasteiger partial charge is 0.227 e. The molecule has 1 saturated carbocycles. The Bertz CT molecular complexity index is 611. The Morgan fingerprint density at radius 2 is 2.04 bits per heavy atom. The van der Waals surface area contributed by atoms with E-state index in [2.05, 4.69) is 11.0 Å². The van der Waals surface area contributed by atoms with Gasteiger partial charge < -0.3 is 14.7 Å². The number of aliphatic hydroxyl groups excluding tert-OH is 1. The second-order valence-corrected chi connectivity index (χ2v) is 7.20. The SMILES string of the molecule is O=C(Cc1ccc2c(c1)CCO2)N1CCN(C2CCCC2O)CC1. The van der Waals surface area contributed by atoms with Crippen LogP contribution < -0.4 is 4.74 Å². The third-order valence-electron chi connectivity index (χ3n) is 5.69. The fourth-order valence-electron chi connectivity index (χ4n) is 4.29. The number of carbonyl (C=O) groups is 1. The molecule has 0 bridgehead atoms. The molecule has 1 aliphatic carbocycles. The van der Waals surface area contributed by atoms with Crippen molar-refractivity contribution < 1.29 is 14.6 Å². The van der Waals surface area contributed by atoms with Crippen molar-refractivity contribution in [3.8, 4) is 5.75 Å². The number of nitrogens with zero attached hydrogens (tertiary/aromatic N) is 2. The van der Waals surface area contributed by atoms with E-state index in [-0.39, 0.29) is 12.0 Å². The number of rotatable bonds is 3. The van der Waals surface area contributed by atoms with E-state index < -0.39 is 0 Å². The lowest BCUT2D eigenvalue weighted by Crippen LogP contribution is -2.53. The van der Waals surface area contributed by atoms with Crippen molar-refractivity contribution in [2.45, 2.75) is 44.2 Å². The molecule has 1 aromatic carbocycles. The van der Waals surface area contributed by atoms with Gasteiger partial charge in [0.2, 0.25) is 5.91 Å². The van der Waals surface area contributed by atoms with E-state index in [9.17, 15) is 9.90 Å². The second-order valence-electron chi connectivity index (χ2n) is 7.20. The van der Waals surface area contributed by atoms with Crippen molar-refractivity contribution in [3.05, 3.63) is 29.3 Å². The van der Waals surface area contributed by atoms with Gasteiger partial charge in [-0.25, -0.2) is 0 Å². The molecule has 0 spiro atoms. The van der Waals surface area contributed by atoms with Crippen molar-refractivity contribution in [2.75, 3.05) is 32.8 Å². The van der Waals surface area contributed by atoms with Crippen molar-refractivity contribution >= 4 is 5.91 Å². The number of carbonyl (C=O) groups excluding carboxylic acids is 1. The molecule has 1 amide bonds. The number of hydrogen-bond donors (Lipinski definition) is 1. The minimum absolute atomic E-state index is 0.180. The van der Waals surface area contributed by atoms with Crippen LogP contribution in [0.5, 0.6) is 5.75 Å². The van der Waals surface area contributed by atoms with Crippen molar-refractivity contribution in [1.82, 2.24) is 9.80 Å². The van der Waals surface area contributed by atoms with Crippen LogP contribution in [-0.2, 0) is 17.6 Å². The molecule has 4 rings (SSSR count). The highest BCUT2D eigenvalue weighted by Gasteiger charge is 2.33. The summed E-state index contributed by atoms with van der Waals surface area (Å²) in [6.07, 6.45) is 4.37. The average Bonchev–Trinajstić information content (AvgIpc) is 3.23. The second kappa shape index (κ2) is 6.73. The van der Waals surface area contributed by atoms with Gasteiger partial charge in [0, 0.05) is 38.6 Å². The van der Waals surface area contributed by atoms with Crippen LogP contribution in [0.4, 0.5) is 0 Å². The number of ether oxygens (including phenoxy) is 1. The van der Waals surface area contributed by atoms with E-state index in [1.807, 2.05) is 17.0 Å². The standard InChI is InChI=1S/C19H26N2O3/c22-17-3-1-2-16(17)20-7-9-21(10-8-20)19(23)13-14-4-5-18-15(12-14)6-11-24-18/h4-5,12,16-17,22H,1-3,6-11,13H2. The van der Waals surface area contributed by atoms with Gasteiger partial charge in [-0.1, -0.05) is 12.1 Å². The van der Waals surface area contributed by atoms with Crippen LogP contribution in [-0.4, -0.2) is 65.7 Å². The van der Waals surface area contributed by atoms with E-state index in [1.54, 1.807) is 0 Å². The molecule has 5 heteroatoms. The normalized spacial score (nSPS) is 27.1. The largest absolute Gasteiger partial charge is 0.493 e. The maximum absolute atomic E-state index is 12.6. The quantitative estimate of drug-likeness (QED) is 0.905. The Kier molecular flexibility index (Phi) is 4.46. The van der Waals surface area contributed by atoms with Crippen LogP contribution in [0.3, 0.4) is 0 Å². The number of hydrogen-bond acceptors (Lipinski definition) is 4. The summed E-state index contributed by atoms with van der Waals surface area (Å²) in [5.74, 6) is 1.18. The van der Waals surface area contributed by atoms with Gasteiger partial charge in [-0.05, 0) is 36.5 Å². The van der Waals surface area contributed by atoms with E-state index >= 15 is 0 Å². The van der Waals surface area contributed by atoms with E-state index in [0.717, 1.165) is 69.8 Å². The minimum atomic E-state index is -0.180. The zero-order chi connectivity index (χ0) is 16.5.